The van der Waals surface area contributed by atoms with Crippen molar-refractivity contribution in [1.82, 2.24) is 0 Å². The molecule has 0 spiro atoms. The van der Waals surface area contributed by atoms with E-state index in [1.165, 1.54) is 21.2 Å². The zero-order chi connectivity index (χ0) is 11.9. The number of ether oxygens (including phenoxy) is 1. The van der Waals surface area contributed by atoms with Crippen LogP contribution in [0.5, 0.6) is 5.75 Å². The number of fused-ring (bicyclic) bond motifs is 2. The Labute approximate surface area is 110 Å². The van der Waals surface area contributed by atoms with Gasteiger partial charge in [0.25, 0.3) is 0 Å². The van der Waals surface area contributed by atoms with Gasteiger partial charge in [0.15, 0.2) is 0 Å². The molecule has 0 aliphatic carbocycles. The molecule has 1 atom stereocenters. The van der Waals surface area contributed by atoms with Crippen LogP contribution >= 0.6 is 11.3 Å². The normalized spacial score (nSPS) is 17.7. The molecule has 2 aromatic carbocycles. The summed E-state index contributed by atoms with van der Waals surface area (Å²) in [6.45, 7) is 0. The van der Waals surface area contributed by atoms with Crippen LogP contribution in [0.4, 0.5) is 0 Å². The molecule has 2 heterocycles. The van der Waals surface area contributed by atoms with E-state index in [-0.39, 0.29) is 6.10 Å². The molecule has 3 aromatic rings. The van der Waals surface area contributed by atoms with E-state index in [1.807, 2.05) is 12.1 Å². The van der Waals surface area contributed by atoms with Crippen molar-refractivity contribution in [1.29, 1.82) is 0 Å². The molecular weight excluding hydrogens is 240 g/mol. The smallest absolute Gasteiger partial charge is 0.130 e. The van der Waals surface area contributed by atoms with Crippen LogP contribution in [-0.4, -0.2) is 0 Å². The van der Waals surface area contributed by atoms with Crippen molar-refractivity contribution in [3.8, 4) is 5.75 Å². The zero-order valence-electron chi connectivity index (χ0n) is 9.72. The number of benzene rings is 2. The molecule has 0 fully saturated rings. The predicted molar refractivity (Wildman–Crippen MR) is 74.2 cm³/mol. The fourth-order valence-electron chi connectivity index (χ4n) is 2.53. The van der Waals surface area contributed by atoms with E-state index in [1.54, 1.807) is 11.3 Å². The predicted octanol–water partition coefficient (Wildman–Crippen LogP) is 4.38. The summed E-state index contributed by atoms with van der Waals surface area (Å²) < 4.78 is 7.32. The fraction of sp³-hybridized carbons (Fsp3) is 0.125. The summed E-state index contributed by atoms with van der Waals surface area (Å²) in [5.74, 6) is 1.02. The molecule has 0 bridgehead atoms. The van der Waals surface area contributed by atoms with Crippen molar-refractivity contribution in [2.24, 2.45) is 0 Å². The number of hydrogen-bond donors (Lipinski definition) is 0. The van der Waals surface area contributed by atoms with E-state index >= 15 is 0 Å². The van der Waals surface area contributed by atoms with E-state index in [9.17, 15) is 0 Å². The van der Waals surface area contributed by atoms with Gasteiger partial charge in [-0.05, 0) is 17.7 Å². The Morgan fingerprint density at radius 2 is 1.89 bits per heavy atom. The highest BCUT2D eigenvalue weighted by Gasteiger charge is 2.26. The molecule has 1 aliphatic rings. The van der Waals surface area contributed by atoms with Crippen molar-refractivity contribution in [3.05, 3.63) is 65.0 Å². The van der Waals surface area contributed by atoms with Gasteiger partial charge in [-0.3, -0.25) is 0 Å². The van der Waals surface area contributed by atoms with Crippen LogP contribution in [0.1, 0.15) is 17.2 Å². The molecule has 87 valence electrons. The topological polar surface area (TPSA) is 9.23 Å². The molecular formula is C16H11OS. The summed E-state index contributed by atoms with van der Waals surface area (Å²) in [6, 6.07) is 16.7. The summed E-state index contributed by atoms with van der Waals surface area (Å²) in [7, 11) is 0. The Kier molecular flexibility index (Phi) is 2.17. The van der Waals surface area contributed by atoms with Gasteiger partial charge < -0.3 is 4.74 Å². The fourth-order valence-corrected chi connectivity index (χ4v) is 3.42. The molecule has 2 heteroatoms. The van der Waals surface area contributed by atoms with E-state index in [0.29, 0.717) is 0 Å². The quantitative estimate of drug-likeness (QED) is 0.623. The lowest BCUT2D eigenvalue weighted by molar-refractivity contribution is 0.240. The summed E-state index contributed by atoms with van der Waals surface area (Å²) in [6.07, 6.45) is 1.08. The Balaban J connectivity index is 1.78. The van der Waals surface area contributed by atoms with Gasteiger partial charge in [-0.25, -0.2) is 0 Å². The highest BCUT2D eigenvalue weighted by Crippen LogP contribution is 2.40. The van der Waals surface area contributed by atoms with E-state index in [4.69, 9.17) is 4.74 Å². The summed E-state index contributed by atoms with van der Waals surface area (Å²) in [5, 5.41) is 4.69. The van der Waals surface area contributed by atoms with Crippen LogP contribution in [0.15, 0.2) is 48.5 Å². The van der Waals surface area contributed by atoms with Gasteiger partial charge in [-0.2, -0.15) is 0 Å². The van der Waals surface area contributed by atoms with E-state index < -0.39 is 0 Å². The van der Waals surface area contributed by atoms with Crippen molar-refractivity contribution in [3.63, 3.8) is 0 Å². The van der Waals surface area contributed by atoms with Gasteiger partial charge in [0.05, 0.1) is 5.38 Å². The summed E-state index contributed by atoms with van der Waals surface area (Å²) in [5.41, 5.74) is 2.50. The number of thiophene rings is 1. The highest BCUT2D eigenvalue weighted by molar-refractivity contribution is 7.16. The minimum atomic E-state index is 0.124. The standard InChI is InChI=1S/C16H11OS/c1-3-7-14-11(5-1)9-15(17-14)13-10-18-16-8-4-2-6-12(13)16/h1-8,15H,9H2. The maximum Gasteiger partial charge on any atom is 0.130 e. The number of para-hydroxylation sites is 1. The Bertz CT molecular complexity index is 689. The van der Waals surface area contributed by atoms with Crippen LogP contribution in [0.3, 0.4) is 0 Å². The maximum absolute atomic E-state index is 6.03. The molecule has 1 nitrogen and oxygen atoms in total. The molecule has 0 saturated heterocycles. The average Bonchev–Trinajstić information content (AvgIpc) is 3.02. The van der Waals surface area contributed by atoms with E-state index in [2.05, 4.69) is 41.8 Å². The Hall–Kier alpha value is -1.80. The van der Waals surface area contributed by atoms with Crippen LogP contribution in [-0.2, 0) is 6.42 Å². The zero-order valence-corrected chi connectivity index (χ0v) is 10.5. The van der Waals surface area contributed by atoms with Crippen molar-refractivity contribution < 1.29 is 4.74 Å². The third kappa shape index (κ3) is 1.46. The minimum Gasteiger partial charge on any atom is -0.485 e. The molecule has 0 saturated carbocycles. The molecule has 18 heavy (non-hydrogen) atoms. The second-order valence-electron chi connectivity index (χ2n) is 4.53. The minimum absolute atomic E-state index is 0.124. The van der Waals surface area contributed by atoms with Crippen molar-refractivity contribution in [2.75, 3.05) is 0 Å². The van der Waals surface area contributed by atoms with Crippen LogP contribution < -0.4 is 4.74 Å². The average molecular weight is 251 g/mol. The van der Waals surface area contributed by atoms with Gasteiger partial charge in [0.1, 0.15) is 11.9 Å². The van der Waals surface area contributed by atoms with Gasteiger partial charge in [-0.15, -0.1) is 11.3 Å². The first-order valence-corrected chi connectivity index (χ1v) is 6.87. The third-order valence-electron chi connectivity index (χ3n) is 3.42. The first-order valence-electron chi connectivity index (χ1n) is 6.05. The Morgan fingerprint density at radius 1 is 1.06 bits per heavy atom. The molecule has 1 unspecified atom stereocenters. The van der Waals surface area contributed by atoms with Gasteiger partial charge in [-0.1, -0.05) is 36.4 Å². The van der Waals surface area contributed by atoms with E-state index in [0.717, 1.165) is 12.2 Å². The van der Waals surface area contributed by atoms with Crippen LogP contribution in [0.25, 0.3) is 10.1 Å². The summed E-state index contributed by atoms with van der Waals surface area (Å²) in [4.78, 5) is 0. The van der Waals surface area contributed by atoms with Gasteiger partial charge >= 0.3 is 0 Å². The summed E-state index contributed by atoms with van der Waals surface area (Å²) >= 11 is 1.67. The van der Waals surface area contributed by atoms with Crippen molar-refractivity contribution in [2.45, 2.75) is 12.5 Å². The van der Waals surface area contributed by atoms with Gasteiger partial charge in [0.2, 0.25) is 0 Å². The van der Waals surface area contributed by atoms with Gasteiger partial charge in [0, 0.05) is 22.1 Å². The lowest BCUT2D eigenvalue weighted by Crippen LogP contribution is -2.01. The largest absolute Gasteiger partial charge is 0.485 e. The molecule has 1 aliphatic heterocycles. The molecule has 1 radical (unpaired) electrons. The molecule has 0 amide bonds. The SMILES string of the molecule is [c]1sc2ccccc2c1C1Cc2ccccc2O1. The number of hydrogen-bond acceptors (Lipinski definition) is 2. The molecule has 0 N–H and O–H groups in total. The second-order valence-corrected chi connectivity index (χ2v) is 5.38. The van der Waals surface area contributed by atoms with Crippen LogP contribution in [0.2, 0.25) is 0 Å². The maximum atomic E-state index is 6.03. The van der Waals surface area contributed by atoms with Crippen molar-refractivity contribution >= 4 is 21.4 Å². The first-order chi connectivity index (χ1) is 8.92. The monoisotopic (exact) mass is 251 g/mol. The highest BCUT2D eigenvalue weighted by atomic mass is 32.1. The molecule has 4 rings (SSSR count). The third-order valence-corrected chi connectivity index (χ3v) is 4.32. The van der Waals surface area contributed by atoms with Crippen LogP contribution in [0, 0.1) is 5.38 Å². The first kappa shape index (κ1) is 10.2. The molecule has 1 aromatic heterocycles. The lowest BCUT2D eigenvalue weighted by atomic mass is 10.0. The Morgan fingerprint density at radius 3 is 2.83 bits per heavy atom. The number of rotatable bonds is 1. The second kappa shape index (κ2) is 3.85. The lowest BCUT2D eigenvalue weighted by Gasteiger charge is -2.09.